The molecule has 2 saturated heterocycles. The largest absolute Gasteiger partial charge is 0.400 e. The van der Waals surface area contributed by atoms with E-state index in [0.29, 0.717) is 5.13 Å². The molecule has 1 atom stereocenters. The minimum absolute atomic E-state index is 0.0641. The highest BCUT2D eigenvalue weighted by Gasteiger charge is 2.42. The molecule has 0 bridgehead atoms. The number of thiazole rings is 1. The number of aromatic nitrogens is 4. The van der Waals surface area contributed by atoms with Gasteiger partial charge in [0.2, 0.25) is 0 Å². The van der Waals surface area contributed by atoms with Crippen LogP contribution in [0.25, 0.3) is 10.2 Å². The summed E-state index contributed by atoms with van der Waals surface area (Å²) in [5.74, 6) is 0. The van der Waals surface area contributed by atoms with Gasteiger partial charge in [-0.1, -0.05) is 11.3 Å². The van der Waals surface area contributed by atoms with Gasteiger partial charge in [0.25, 0.3) is 0 Å². The molecule has 0 radical (unpaired) electrons. The summed E-state index contributed by atoms with van der Waals surface area (Å²) in [6.45, 7) is 3.18. The predicted molar refractivity (Wildman–Crippen MR) is 112 cm³/mol. The van der Waals surface area contributed by atoms with Crippen molar-refractivity contribution in [3.8, 4) is 0 Å². The van der Waals surface area contributed by atoms with Crippen LogP contribution in [0.5, 0.6) is 0 Å². The Bertz CT molecular complexity index is 875. The monoisotopic (exact) mass is 418 g/mol. The van der Waals surface area contributed by atoms with Gasteiger partial charge in [-0.15, -0.1) is 0 Å². The number of carbonyl (C=O) groups is 1. The summed E-state index contributed by atoms with van der Waals surface area (Å²) in [5, 5.41) is 14.4. The summed E-state index contributed by atoms with van der Waals surface area (Å²) in [6.07, 6.45) is 9.17. The van der Waals surface area contributed by atoms with Crippen molar-refractivity contribution >= 4 is 32.7 Å². The summed E-state index contributed by atoms with van der Waals surface area (Å²) in [6, 6.07) is 3.73. The molecule has 0 unspecified atom stereocenters. The number of likely N-dealkylation sites (tertiary alicyclic amines) is 1. The SMILES string of the molecule is CO.Cn1cccn1.O=C(Nc1nc2cnccc2s1)N1CC[C@@]2(CCOC2)C1. The predicted octanol–water partition coefficient (Wildman–Crippen LogP) is 2.36. The van der Waals surface area contributed by atoms with Crippen molar-refractivity contribution < 1.29 is 14.6 Å². The fourth-order valence-corrected chi connectivity index (χ4v) is 4.25. The second-order valence-corrected chi connectivity index (χ2v) is 7.98. The zero-order chi connectivity index (χ0) is 20.7. The van der Waals surface area contributed by atoms with Gasteiger partial charge in [0.1, 0.15) is 5.52 Å². The summed E-state index contributed by atoms with van der Waals surface area (Å²) in [5.41, 5.74) is 1.01. The molecule has 5 rings (SSSR count). The highest BCUT2D eigenvalue weighted by molar-refractivity contribution is 7.22. The van der Waals surface area contributed by atoms with Crippen LogP contribution in [0.1, 0.15) is 12.8 Å². The summed E-state index contributed by atoms with van der Waals surface area (Å²) in [7, 11) is 2.89. The van der Waals surface area contributed by atoms with Crippen LogP contribution in [-0.2, 0) is 11.8 Å². The molecule has 0 saturated carbocycles. The van der Waals surface area contributed by atoms with Crippen LogP contribution in [0.3, 0.4) is 0 Å². The van der Waals surface area contributed by atoms with Crippen LogP contribution < -0.4 is 5.32 Å². The van der Waals surface area contributed by atoms with Gasteiger partial charge in [-0.3, -0.25) is 15.0 Å². The molecular formula is C19H26N6O3S. The van der Waals surface area contributed by atoms with Crippen LogP contribution in [-0.4, -0.2) is 69.2 Å². The first-order chi connectivity index (χ1) is 14.1. The van der Waals surface area contributed by atoms with Crippen LogP contribution in [0.15, 0.2) is 36.9 Å². The first kappa shape index (κ1) is 21.2. The number of nitrogens with zero attached hydrogens (tertiary/aromatic N) is 5. The fraction of sp³-hybridized carbons (Fsp3) is 0.474. The van der Waals surface area contributed by atoms with Gasteiger partial charge in [0.05, 0.1) is 17.5 Å². The van der Waals surface area contributed by atoms with Gasteiger partial charge in [0, 0.05) is 57.9 Å². The third-order valence-corrected chi connectivity index (χ3v) is 5.90. The Morgan fingerprint density at radius 1 is 1.34 bits per heavy atom. The number of hydrogen-bond donors (Lipinski definition) is 2. The Labute approximate surface area is 173 Å². The number of fused-ring (bicyclic) bond motifs is 1. The number of aliphatic hydroxyl groups excluding tert-OH is 1. The van der Waals surface area contributed by atoms with Crippen molar-refractivity contribution in [3.63, 3.8) is 0 Å². The van der Waals surface area contributed by atoms with E-state index in [-0.39, 0.29) is 11.4 Å². The lowest BCUT2D eigenvalue weighted by atomic mass is 9.87. The van der Waals surface area contributed by atoms with Gasteiger partial charge in [-0.2, -0.15) is 5.10 Å². The first-order valence-corrected chi connectivity index (χ1v) is 10.2. The third kappa shape index (κ3) is 5.28. The Hall–Kier alpha value is -2.56. The minimum atomic E-state index is -0.0641. The minimum Gasteiger partial charge on any atom is -0.400 e. The van der Waals surface area contributed by atoms with E-state index in [9.17, 15) is 4.79 Å². The molecule has 3 aromatic rings. The van der Waals surface area contributed by atoms with Crippen LogP contribution in [0.4, 0.5) is 9.93 Å². The fourth-order valence-electron chi connectivity index (χ4n) is 3.43. The molecule has 9 nitrogen and oxygen atoms in total. The number of urea groups is 1. The maximum atomic E-state index is 12.4. The quantitative estimate of drug-likeness (QED) is 0.629. The number of nitrogens with one attached hydrogen (secondary N) is 1. The van der Waals surface area contributed by atoms with Gasteiger partial charge < -0.3 is 14.7 Å². The van der Waals surface area contributed by atoms with Crippen molar-refractivity contribution in [1.82, 2.24) is 24.6 Å². The standard InChI is InChI=1S/C14H16N4O2S.C4H6N2.CH4O/c19-13(18-5-2-14(8-18)3-6-20-9-14)17-12-16-10-7-15-4-1-11(10)21-12;1-6-4-2-3-5-6;1-2/h1,4,7H,2-3,5-6,8-9H2,(H,16,17,19);2-4H,1H3;2H,1H3/t14-;;/m1../s1. The van der Waals surface area contributed by atoms with Gasteiger partial charge in [-0.25, -0.2) is 9.78 Å². The number of anilines is 1. The Balaban J connectivity index is 0.000000256. The van der Waals surface area contributed by atoms with Gasteiger partial charge in [-0.05, 0) is 25.0 Å². The van der Waals surface area contributed by atoms with Crippen LogP contribution in [0.2, 0.25) is 0 Å². The van der Waals surface area contributed by atoms with Crippen LogP contribution >= 0.6 is 11.3 Å². The summed E-state index contributed by atoms with van der Waals surface area (Å²) < 4.78 is 8.27. The lowest BCUT2D eigenvalue weighted by Crippen LogP contribution is -2.35. The molecule has 2 aliphatic rings. The van der Waals surface area contributed by atoms with Gasteiger partial charge >= 0.3 is 6.03 Å². The molecule has 29 heavy (non-hydrogen) atoms. The lowest BCUT2D eigenvalue weighted by Gasteiger charge is -2.21. The lowest BCUT2D eigenvalue weighted by molar-refractivity contribution is 0.154. The molecule has 3 aromatic heterocycles. The second kappa shape index (κ2) is 9.77. The molecular weight excluding hydrogens is 392 g/mol. The number of amides is 2. The van der Waals surface area contributed by atoms with E-state index in [1.54, 1.807) is 23.3 Å². The smallest absolute Gasteiger partial charge is 0.323 e. The average molecular weight is 419 g/mol. The van der Waals surface area contributed by atoms with Crippen LogP contribution in [0, 0.1) is 5.41 Å². The molecule has 0 aromatic carbocycles. The zero-order valence-electron chi connectivity index (χ0n) is 16.6. The maximum absolute atomic E-state index is 12.4. The molecule has 1 spiro atoms. The molecule has 2 N–H and O–H groups in total. The van der Waals surface area contributed by atoms with Crippen molar-refractivity contribution in [2.45, 2.75) is 12.8 Å². The normalized spacial score (nSPS) is 20.2. The Morgan fingerprint density at radius 2 is 2.21 bits per heavy atom. The number of rotatable bonds is 1. The van der Waals surface area contributed by atoms with E-state index in [0.717, 1.165) is 56.5 Å². The highest BCUT2D eigenvalue weighted by Crippen LogP contribution is 2.38. The van der Waals surface area contributed by atoms with E-state index in [4.69, 9.17) is 9.84 Å². The number of ether oxygens (including phenoxy) is 1. The van der Waals surface area contributed by atoms with Crippen molar-refractivity contribution in [3.05, 3.63) is 36.9 Å². The molecule has 0 aliphatic carbocycles. The maximum Gasteiger partial charge on any atom is 0.323 e. The van der Waals surface area contributed by atoms with E-state index < -0.39 is 0 Å². The Kier molecular flexibility index (Phi) is 7.13. The van der Waals surface area contributed by atoms with E-state index in [2.05, 4.69) is 20.4 Å². The summed E-state index contributed by atoms with van der Waals surface area (Å²) >= 11 is 1.47. The molecule has 156 valence electrons. The van der Waals surface area contributed by atoms with Crippen molar-refractivity contribution in [2.24, 2.45) is 12.5 Å². The number of aliphatic hydroxyl groups is 1. The summed E-state index contributed by atoms with van der Waals surface area (Å²) in [4.78, 5) is 22.7. The number of aryl methyl sites for hydroxylation is 1. The van der Waals surface area contributed by atoms with Gasteiger partial charge in [0.15, 0.2) is 5.13 Å². The van der Waals surface area contributed by atoms with E-state index in [1.165, 1.54) is 11.3 Å². The third-order valence-electron chi connectivity index (χ3n) is 4.95. The topological polar surface area (TPSA) is 105 Å². The molecule has 10 heteroatoms. The molecule has 2 fully saturated rings. The van der Waals surface area contributed by atoms with Crippen molar-refractivity contribution in [2.75, 3.05) is 38.7 Å². The number of carbonyl (C=O) groups excluding carboxylic acids is 1. The molecule has 2 aliphatic heterocycles. The highest BCUT2D eigenvalue weighted by atomic mass is 32.1. The Morgan fingerprint density at radius 3 is 2.83 bits per heavy atom. The second-order valence-electron chi connectivity index (χ2n) is 6.95. The first-order valence-electron chi connectivity index (χ1n) is 9.36. The number of pyridine rings is 1. The zero-order valence-corrected chi connectivity index (χ0v) is 17.4. The van der Waals surface area contributed by atoms with E-state index >= 15 is 0 Å². The molecule has 5 heterocycles. The van der Waals surface area contributed by atoms with E-state index in [1.807, 2.05) is 30.3 Å². The van der Waals surface area contributed by atoms with Crippen molar-refractivity contribution in [1.29, 1.82) is 0 Å². The number of hydrogen-bond acceptors (Lipinski definition) is 7. The average Bonchev–Trinajstić information content (AvgIpc) is 3.53. The molecule has 2 amide bonds.